The first kappa shape index (κ1) is 13.1. The van der Waals surface area contributed by atoms with E-state index < -0.39 is 0 Å². The molecule has 0 spiro atoms. The van der Waals surface area contributed by atoms with E-state index >= 15 is 0 Å². The van der Waals surface area contributed by atoms with Gasteiger partial charge in [0.1, 0.15) is 0 Å². The Morgan fingerprint density at radius 2 is 2.30 bits per heavy atom. The van der Waals surface area contributed by atoms with E-state index in [2.05, 4.69) is 33.0 Å². The van der Waals surface area contributed by atoms with Gasteiger partial charge in [-0.15, -0.1) is 5.10 Å². The highest BCUT2D eigenvalue weighted by atomic mass is 16.5. The van der Waals surface area contributed by atoms with E-state index in [0.717, 1.165) is 36.6 Å². The number of nitrogens with one attached hydrogen (secondary N) is 1. The van der Waals surface area contributed by atoms with Gasteiger partial charge in [0.2, 0.25) is 0 Å². The van der Waals surface area contributed by atoms with E-state index in [1.54, 1.807) is 7.11 Å². The fourth-order valence-corrected chi connectivity index (χ4v) is 2.17. The van der Waals surface area contributed by atoms with Gasteiger partial charge in [-0.05, 0) is 41.8 Å². The van der Waals surface area contributed by atoms with Crippen LogP contribution in [-0.2, 0) is 4.74 Å². The summed E-state index contributed by atoms with van der Waals surface area (Å²) >= 11 is 0. The molecule has 106 valence electrons. The SMILES string of the molecule is COCCCNc1cccc(-c2nnnn2C2CC2)c1. The highest BCUT2D eigenvalue weighted by Gasteiger charge is 2.28. The number of hydrogen-bond acceptors (Lipinski definition) is 5. The molecule has 1 aliphatic rings. The van der Waals surface area contributed by atoms with Crippen molar-refractivity contribution in [3.05, 3.63) is 24.3 Å². The summed E-state index contributed by atoms with van der Waals surface area (Å²) in [5.41, 5.74) is 2.14. The summed E-state index contributed by atoms with van der Waals surface area (Å²) in [5, 5.41) is 15.4. The Balaban J connectivity index is 1.71. The van der Waals surface area contributed by atoms with Crippen molar-refractivity contribution in [3.8, 4) is 11.4 Å². The van der Waals surface area contributed by atoms with Gasteiger partial charge in [0.05, 0.1) is 6.04 Å². The van der Waals surface area contributed by atoms with Crippen LogP contribution in [0.4, 0.5) is 5.69 Å². The highest BCUT2D eigenvalue weighted by Crippen LogP contribution is 2.36. The molecule has 1 saturated carbocycles. The first-order valence-corrected chi connectivity index (χ1v) is 6.99. The van der Waals surface area contributed by atoms with Crippen LogP contribution in [-0.4, -0.2) is 40.5 Å². The molecule has 0 bridgehead atoms. The van der Waals surface area contributed by atoms with Crippen molar-refractivity contribution in [1.82, 2.24) is 20.2 Å². The number of nitrogens with zero attached hydrogens (tertiary/aromatic N) is 4. The van der Waals surface area contributed by atoms with Crippen LogP contribution in [0.2, 0.25) is 0 Å². The molecule has 1 fully saturated rings. The largest absolute Gasteiger partial charge is 0.385 e. The summed E-state index contributed by atoms with van der Waals surface area (Å²) < 4.78 is 6.98. The molecule has 1 aromatic carbocycles. The van der Waals surface area contributed by atoms with E-state index in [-0.39, 0.29) is 0 Å². The molecule has 0 atom stereocenters. The molecule has 0 radical (unpaired) electrons. The fraction of sp³-hybridized carbons (Fsp3) is 0.500. The van der Waals surface area contributed by atoms with Crippen LogP contribution < -0.4 is 5.32 Å². The summed E-state index contributed by atoms with van der Waals surface area (Å²) in [4.78, 5) is 0. The predicted molar refractivity (Wildman–Crippen MR) is 76.5 cm³/mol. The maximum atomic E-state index is 5.04. The van der Waals surface area contributed by atoms with Crippen molar-refractivity contribution in [1.29, 1.82) is 0 Å². The number of tetrazole rings is 1. The zero-order valence-corrected chi connectivity index (χ0v) is 11.6. The number of rotatable bonds is 7. The van der Waals surface area contributed by atoms with Crippen LogP contribution in [0.3, 0.4) is 0 Å². The minimum Gasteiger partial charge on any atom is -0.385 e. The van der Waals surface area contributed by atoms with Crippen LogP contribution >= 0.6 is 0 Å². The molecule has 1 heterocycles. The lowest BCUT2D eigenvalue weighted by molar-refractivity contribution is 0.198. The maximum absolute atomic E-state index is 5.04. The van der Waals surface area contributed by atoms with Crippen molar-refractivity contribution in [3.63, 3.8) is 0 Å². The number of methoxy groups -OCH3 is 1. The minimum absolute atomic E-state index is 0.485. The van der Waals surface area contributed by atoms with Gasteiger partial charge in [0.25, 0.3) is 0 Å². The van der Waals surface area contributed by atoms with Crippen LogP contribution in [0, 0.1) is 0 Å². The number of ether oxygens (including phenoxy) is 1. The summed E-state index contributed by atoms with van der Waals surface area (Å²) in [7, 11) is 1.72. The Labute approximate surface area is 118 Å². The molecule has 1 aromatic heterocycles. The van der Waals surface area contributed by atoms with Crippen LogP contribution in [0.15, 0.2) is 24.3 Å². The average Bonchev–Trinajstić information content (AvgIpc) is 3.21. The normalized spacial score (nSPS) is 14.4. The van der Waals surface area contributed by atoms with Crippen molar-refractivity contribution in [2.45, 2.75) is 25.3 Å². The van der Waals surface area contributed by atoms with Gasteiger partial charge in [0, 0.05) is 31.5 Å². The Hall–Kier alpha value is -1.95. The molecular formula is C14H19N5O. The van der Waals surface area contributed by atoms with E-state index in [9.17, 15) is 0 Å². The lowest BCUT2D eigenvalue weighted by atomic mass is 10.2. The van der Waals surface area contributed by atoms with E-state index in [4.69, 9.17) is 4.74 Å². The van der Waals surface area contributed by atoms with Crippen molar-refractivity contribution >= 4 is 5.69 Å². The third kappa shape index (κ3) is 2.96. The Bertz CT molecular complexity index is 564. The summed E-state index contributed by atoms with van der Waals surface area (Å²) in [5.74, 6) is 0.855. The lowest BCUT2D eigenvalue weighted by Gasteiger charge is -2.08. The number of hydrogen-bond donors (Lipinski definition) is 1. The Kier molecular flexibility index (Phi) is 3.92. The zero-order chi connectivity index (χ0) is 13.8. The van der Waals surface area contributed by atoms with Gasteiger partial charge in [0.15, 0.2) is 5.82 Å². The quantitative estimate of drug-likeness (QED) is 0.783. The van der Waals surface area contributed by atoms with Crippen molar-refractivity contribution < 1.29 is 4.74 Å². The van der Waals surface area contributed by atoms with Gasteiger partial charge in [-0.2, -0.15) is 0 Å². The first-order valence-electron chi connectivity index (χ1n) is 6.99. The predicted octanol–water partition coefficient (Wildman–Crippen LogP) is 2.12. The lowest BCUT2D eigenvalue weighted by Crippen LogP contribution is -2.05. The molecule has 1 aliphatic carbocycles. The molecule has 0 unspecified atom stereocenters. The standard InChI is InChI=1S/C14H19N5O/c1-20-9-3-8-15-12-5-2-4-11(10-12)14-16-17-18-19(14)13-6-7-13/h2,4-5,10,13,15H,3,6-9H2,1H3. The Morgan fingerprint density at radius 1 is 1.40 bits per heavy atom. The molecule has 3 rings (SSSR count). The fourth-order valence-electron chi connectivity index (χ4n) is 2.17. The van der Waals surface area contributed by atoms with Gasteiger partial charge in [-0.3, -0.25) is 0 Å². The number of anilines is 1. The maximum Gasteiger partial charge on any atom is 0.182 e. The van der Waals surface area contributed by atoms with Gasteiger partial charge in [-0.25, -0.2) is 4.68 Å². The minimum atomic E-state index is 0.485. The second kappa shape index (κ2) is 6.00. The monoisotopic (exact) mass is 273 g/mol. The summed E-state index contributed by atoms with van der Waals surface area (Å²) in [6.07, 6.45) is 3.33. The second-order valence-electron chi connectivity index (χ2n) is 5.03. The topological polar surface area (TPSA) is 64.9 Å². The number of benzene rings is 1. The molecule has 1 N–H and O–H groups in total. The smallest absolute Gasteiger partial charge is 0.182 e. The first-order chi connectivity index (χ1) is 9.88. The summed E-state index contributed by atoms with van der Waals surface area (Å²) in [6.45, 7) is 1.66. The van der Waals surface area contributed by atoms with Crippen molar-refractivity contribution in [2.24, 2.45) is 0 Å². The summed E-state index contributed by atoms with van der Waals surface area (Å²) in [6, 6.07) is 8.71. The third-order valence-electron chi connectivity index (χ3n) is 3.36. The Morgan fingerprint density at radius 3 is 3.10 bits per heavy atom. The van der Waals surface area contributed by atoms with E-state index in [1.165, 1.54) is 12.8 Å². The van der Waals surface area contributed by atoms with E-state index in [1.807, 2.05) is 16.8 Å². The molecule has 0 aliphatic heterocycles. The van der Waals surface area contributed by atoms with Crippen molar-refractivity contribution in [2.75, 3.05) is 25.6 Å². The number of aromatic nitrogens is 4. The zero-order valence-electron chi connectivity index (χ0n) is 11.6. The van der Waals surface area contributed by atoms with Gasteiger partial charge in [-0.1, -0.05) is 12.1 Å². The second-order valence-corrected chi connectivity index (χ2v) is 5.03. The molecular weight excluding hydrogens is 254 g/mol. The van der Waals surface area contributed by atoms with Gasteiger partial charge >= 0.3 is 0 Å². The molecule has 2 aromatic rings. The molecule has 0 amide bonds. The van der Waals surface area contributed by atoms with Crippen LogP contribution in [0.5, 0.6) is 0 Å². The van der Waals surface area contributed by atoms with E-state index in [0.29, 0.717) is 6.04 Å². The molecule has 0 saturated heterocycles. The third-order valence-corrected chi connectivity index (χ3v) is 3.36. The van der Waals surface area contributed by atoms with Crippen LogP contribution in [0.1, 0.15) is 25.3 Å². The van der Waals surface area contributed by atoms with Gasteiger partial charge < -0.3 is 10.1 Å². The molecule has 20 heavy (non-hydrogen) atoms. The molecule has 6 nitrogen and oxygen atoms in total. The average molecular weight is 273 g/mol. The highest BCUT2D eigenvalue weighted by molar-refractivity contribution is 5.62. The molecule has 6 heteroatoms. The van der Waals surface area contributed by atoms with Crippen LogP contribution in [0.25, 0.3) is 11.4 Å².